The highest BCUT2D eigenvalue weighted by Gasteiger charge is 2.03. The number of nitrogens with zero attached hydrogens (tertiary/aromatic N) is 1. The molecule has 1 amide bonds. The summed E-state index contributed by atoms with van der Waals surface area (Å²) in [5.74, 6) is -0.119. The van der Waals surface area contributed by atoms with E-state index in [1.165, 1.54) is 10.8 Å². The van der Waals surface area contributed by atoms with Gasteiger partial charge in [0.1, 0.15) is 0 Å². The lowest BCUT2D eigenvalue weighted by Crippen LogP contribution is -2.23. The third kappa shape index (κ3) is 4.41. The molecule has 0 saturated carbocycles. The van der Waals surface area contributed by atoms with Crippen LogP contribution < -0.4 is 5.32 Å². The lowest BCUT2D eigenvalue weighted by atomic mass is 10.2. The van der Waals surface area contributed by atoms with Crippen molar-refractivity contribution in [3.05, 3.63) is 70.2 Å². The maximum absolute atomic E-state index is 11.8. The predicted octanol–water partition coefficient (Wildman–Crippen LogP) is 4.32. The van der Waals surface area contributed by atoms with Crippen LogP contribution in [-0.4, -0.2) is 17.4 Å². The topological polar surface area (TPSA) is 42.0 Å². The van der Waals surface area contributed by atoms with Gasteiger partial charge in [-0.05, 0) is 35.9 Å². The van der Waals surface area contributed by atoms with Crippen LogP contribution in [0.3, 0.4) is 0 Å². The molecule has 23 heavy (non-hydrogen) atoms. The van der Waals surface area contributed by atoms with Crippen LogP contribution in [0.25, 0.3) is 16.3 Å². The number of fused-ring (bicyclic) bond motifs is 1. The number of thiazole rings is 1. The number of para-hydroxylation sites is 1. The Balaban J connectivity index is 1.51. The minimum absolute atomic E-state index is 0.119. The molecule has 2 aromatic carbocycles. The van der Waals surface area contributed by atoms with E-state index >= 15 is 0 Å². The van der Waals surface area contributed by atoms with Gasteiger partial charge < -0.3 is 5.32 Å². The smallest absolute Gasteiger partial charge is 0.244 e. The second-order valence-electron chi connectivity index (χ2n) is 5.00. The van der Waals surface area contributed by atoms with Crippen molar-refractivity contribution >= 4 is 45.1 Å². The summed E-state index contributed by atoms with van der Waals surface area (Å²) in [5, 5.41) is 4.56. The zero-order valence-electron chi connectivity index (χ0n) is 12.3. The Bertz CT molecular complexity index is 824. The number of nitrogens with one attached hydrogen (secondary N) is 1. The molecule has 3 rings (SSSR count). The standard InChI is InChI=1S/C18H15ClN2OS/c19-14-5-3-4-13(12-14)8-9-17(22)20-11-10-18-21-15-6-1-2-7-16(15)23-18/h1-9,12H,10-11H2,(H,20,22)/b9-8+. The van der Waals surface area contributed by atoms with E-state index in [-0.39, 0.29) is 5.91 Å². The Hall–Kier alpha value is -2.17. The average Bonchev–Trinajstić information content (AvgIpc) is 2.96. The van der Waals surface area contributed by atoms with Crippen molar-refractivity contribution in [1.82, 2.24) is 10.3 Å². The van der Waals surface area contributed by atoms with E-state index in [4.69, 9.17) is 11.6 Å². The summed E-state index contributed by atoms with van der Waals surface area (Å²) in [7, 11) is 0. The van der Waals surface area contributed by atoms with Crippen molar-refractivity contribution in [2.24, 2.45) is 0 Å². The number of amides is 1. The second kappa shape index (κ2) is 7.40. The van der Waals surface area contributed by atoms with Crippen LogP contribution >= 0.6 is 22.9 Å². The Labute approximate surface area is 143 Å². The van der Waals surface area contributed by atoms with Gasteiger partial charge in [0.2, 0.25) is 5.91 Å². The summed E-state index contributed by atoms with van der Waals surface area (Å²) in [5.41, 5.74) is 1.92. The minimum Gasteiger partial charge on any atom is -0.352 e. The van der Waals surface area contributed by atoms with Crippen LogP contribution in [0.4, 0.5) is 0 Å². The molecule has 0 aliphatic carbocycles. The lowest BCUT2D eigenvalue weighted by Gasteiger charge is -1.99. The molecule has 0 aliphatic rings. The molecule has 5 heteroatoms. The van der Waals surface area contributed by atoms with Gasteiger partial charge in [0, 0.05) is 24.1 Å². The second-order valence-corrected chi connectivity index (χ2v) is 6.56. The van der Waals surface area contributed by atoms with Gasteiger partial charge in [0.05, 0.1) is 15.2 Å². The summed E-state index contributed by atoms with van der Waals surface area (Å²) < 4.78 is 1.18. The first-order valence-electron chi connectivity index (χ1n) is 7.27. The highest BCUT2D eigenvalue weighted by molar-refractivity contribution is 7.18. The first-order valence-corrected chi connectivity index (χ1v) is 8.46. The van der Waals surface area contributed by atoms with Crippen molar-refractivity contribution < 1.29 is 4.79 Å². The molecule has 0 saturated heterocycles. The quantitative estimate of drug-likeness (QED) is 0.701. The largest absolute Gasteiger partial charge is 0.352 e. The maximum atomic E-state index is 11.8. The van der Waals surface area contributed by atoms with Crippen molar-refractivity contribution in [2.45, 2.75) is 6.42 Å². The van der Waals surface area contributed by atoms with Crippen molar-refractivity contribution in [3.8, 4) is 0 Å². The Morgan fingerprint density at radius 2 is 2.09 bits per heavy atom. The molecule has 0 aliphatic heterocycles. The van der Waals surface area contributed by atoms with Gasteiger partial charge in [0.25, 0.3) is 0 Å². The van der Waals surface area contributed by atoms with Crippen molar-refractivity contribution in [3.63, 3.8) is 0 Å². The first-order chi connectivity index (χ1) is 11.2. The van der Waals surface area contributed by atoms with Gasteiger partial charge in [-0.3, -0.25) is 4.79 Å². The van der Waals surface area contributed by atoms with Crippen molar-refractivity contribution in [2.75, 3.05) is 6.54 Å². The number of aromatic nitrogens is 1. The number of carbonyl (C=O) groups excluding carboxylic acids is 1. The van der Waals surface area contributed by atoms with Crippen LogP contribution in [-0.2, 0) is 11.2 Å². The fourth-order valence-corrected chi connectivity index (χ4v) is 3.33. The molecule has 0 atom stereocenters. The van der Waals surface area contributed by atoms with E-state index in [1.54, 1.807) is 23.5 Å². The Morgan fingerprint density at radius 3 is 2.91 bits per heavy atom. The minimum atomic E-state index is -0.119. The van der Waals surface area contributed by atoms with Crippen LogP contribution in [0.1, 0.15) is 10.6 Å². The monoisotopic (exact) mass is 342 g/mol. The number of hydrogen-bond acceptors (Lipinski definition) is 3. The molecule has 116 valence electrons. The molecule has 1 aromatic heterocycles. The maximum Gasteiger partial charge on any atom is 0.244 e. The van der Waals surface area contributed by atoms with Gasteiger partial charge in [-0.1, -0.05) is 35.9 Å². The lowest BCUT2D eigenvalue weighted by molar-refractivity contribution is -0.116. The summed E-state index contributed by atoms with van der Waals surface area (Å²) in [6.45, 7) is 0.568. The van der Waals surface area contributed by atoms with Gasteiger partial charge in [-0.2, -0.15) is 0 Å². The van der Waals surface area contributed by atoms with E-state index in [9.17, 15) is 4.79 Å². The molecule has 0 radical (unpaired) electrons. The number of benzene rings is 2. The number of halogens is 1. The van der Waals surface area contributed by atoms with Crippen LogP contribution in [0.5, 0.6) is 0 Å². The zero-order chi connectivity index (χ0) is 16.1. The van der Waals surface area contributed by atoms with Gasteiger partial charge >= 0.3 is 0 Å². The number of rotatable bonds is 5. The van der Waals surface area contributed by atoms with Crippen molar-refractivity contribution in [1.29, 1.82) is 0 Å². The summed E-state index contributed by atoms with van der Waals surface area (Å²) in [6, 6.07) is 15.4. The first kappa shape index (κ1) is 15.7. The fourth-order valence-electron chi connectivity index (χ4n) is 2.16. The molecule has 0 bridgehead atoms. The van der Waals surface area contributed by atoms with E-state index in [1.807, 2.05) is 36.4 Å². The van der Waals surface area contributed by atoms with E-state index in [0.29, 0.717) is 11.6 Å². The molecule has 0 fully saturated rings. The Morgan fingerprint density at radius 1 is 1.22 bits per heavy atom. The molecule has 0 spiro atoms. The van der Waals surface area contributed by atoms with Crippen LogP contribution in [0, 0.1) is 0 Å². The zero-order valence-corrected chi connectivity index (χ0v) is 13.9. The average molecular weight is 343 g/mol. The molecular formula is C18H15ClN2OS. The molecule has 3 nitrogen and oxygen atoms in total. The molecule has 0 unspecified atom stereocenters. The molecule has 3 aromatic rings. The van der Waals surface area contributed by atoms with E-state index < -0.39 is 0 Å². The SMILES string of the molecule is O=C(/C=C/c1cccc(Cl)c1)NCCc1nc2ccccc2s1. The number of hydrogen-bond donors (Lipinski definition) is 1. The Kier molecular flexibility index (Phi) is 5.05. The normalized spacial score (nSPS) is 11.2. The highest BCUT2D eigenvalue weighted by Crippen LogP contribution is 2.21. The van der Waals surface area contributed by atoms with E-state index in [0.717, 1.165) is 22.5 Å². The molecule has 1 heterocycles. The van der Waals surface area contributed by atoms with Gasteiger partial charge in [-0.25, -0.2) is 4.98 Å². The fraction of sp³-hybridized carbons (Fsp3) is 0.111. The van der Waals surface area contributed by atoms with Crippen LogP contribution in [0.2, 0.25) is 5.02 Å². The predicted molar refractivity (Wildman–Crippen MR) is 96.8 cm³/mol. The summed E-state index contributed by atoms with van der Waals surface area (Å²) in [4.78, 5) is 16.4. The number of carbonyl (C=O) groups is 1. The molecule has 1 N–H and O–H groups in total. The van der Waals surface area contributed by atoms with Gasteiger partial charge in [0.15, 0.2) is 0 Å². The summed E-state index contributed by atoms with van der Waals surface area (Å²) >= 11 is 7.57. The third-order valence-electron chi connectivity index (χ3n) is 3.25. The van der Waals surface area contributed by atoms with E-state index in [2.05, 4.69) is 16.4 Å². The summed E-state index contributed by atoms with van der Waals surface area (Å²) in [6.07, 6.45) is 4.00. The van der Waals surface area contributed by atoms with Gasteiger partial charge in [-0.15, -0.1) is 11.3 Å². The van der Waals surface area contributed by atoms with Crippen LogP contribution in [0.15, 0.2) is 54.6 Å². The third-order valence-corrected chi connectivity index (χ3v) is 4.58. The molecular weight excluding hydrogens is 328 g/mol. The highest BCUT2D eigenvalue weighted by atomic mass is 35.5.